The molecule has 5 heteroatoms. The Kier molecular flexibility index (Phi) is 5.38. The lowest BCUT2D eigenvalue weighted by Crippen LogP contribution is -2.34. The van der Waals surface area contributed by atoms with Gasteiger partial charge in [0.1, 0.15) is 11.6 Å². The first-order valence-corrected chi connectivity index (χ1v) is 8.96. The summed E-state index contributed by atoms with van der Waals surface area (Å²) in [7, 11) is 0. The van der Waals surface area contributed by atoms with E-state index in [2.05, 4.69) is 10.3 Å². The summed E-state index contributed by atoms with van der Waals surface area (Å²) >= 11 is 0. The van der Waals surface area contributed by atoms with Crippen molar-refractivity contribution in [3.63, 3.8) is 0 Å². The van der Waals surface area contributed by atoms with E-state index in [1.54, 1.807) is 0 Å². The molecule has 1 aliphatic rings. The fourth-order valence-electron chi connectivity index (χ4n) is 3.46. The molecule has 130 valence electrons. The van der Waals surface area contributed by atoms with Gasteiger partial charge in [0.2, 0.25) is 0 Å². The second-order valence-corrected chi connectivity index (χ2v) is 6.68. The first-order chi connectivity index (χ1) is 11.7. The van der Waals surface area contributed by atoms with Gasteiger partial charge in [0.15, 0.2) is 5.58 Å². The molecular weight excluding hydrogens is 304 g/mol. The van der Waals surface area contributed by atoms with Crippen LogP contribution in [0.4, 0.5) is 6.01 Å². The normalized spacial score (nSPS) is 16.9. The van der Waals surface area contributed by atoms with Crippen molar-refractivity contribution in [1.29, 1.82) is 0 Å². The van der Waals surface area contributed by atoms with Crippen LogP contribution in [0, 0.1) is 12.8 Å². The summed E-state index contributed by atoms with van der Waals surface area (Å²) in [6.45, 7) is 4.23. The number of carbonyl (C=O) groups is 1. The minimum absolute atomic E-state index is 0.221. The van der Waals surface area contributed by atoms with Gasteiger partial charge in [-0.2, -0.15) is 4.98 Å². The zero-order valence-corrected chi connectivity index (χ0v) is 14.5. The number of rotatable bonds is 6. The van der Waals surface area contributed by atoms with Gasteiger partial charge in [-0.05, 0) is 43.9 Å². The second-order valence-electron chi connectivity index (χ2n) is 6.68. The van der Waals surface area contributed by atoms with Crippen LogP contribution in [0.2, 0.25) is 0 Å². The highest BCUT2D eigenvalue weighted by Crippen LogP contribution is 2.29. The first-order valence-electron chi connectivity index (χ1n) is 8.96. The molecule has 0 unspecified atom stereocenters. The third kappa shape index (κ3) is 4.08. The zero-order valence-electron chi connectivity index (χ0n) is 14.5. The molecule has 0 radical (unpaired) electrons. The Hall–Kier alpha value is -2.04. The molecule has 0 bridgehead atoms. The largest absolute Gasteiger partial charge is 0.464 e. The molecule has 1 fully saturated rings. The topological polar surface area (TPSA) is 64.4 Å². The van der Waals surface area contributed by atoms with Crippen LogP contribution in [-0.2, 0) is 9.53 Å². The number of nitrogens with one attached hydrogen (secondary N) is 1. The molecule has 24 heavy (non-hydrogen) atoms. The minimum Gasteiger partial charge on any atom is -0.464 e. The standard InChI is InChI=1S/C19H26N2O3/c1-3-23-18(22)16(12-14-7-5-4-6-8-14)21-19-20-15-11-13(2)9-10-17(15)24-19/h9-11,14,16H,3-8,12H2,1-2H3,(H,20,21)/t16-/m0/s1. The van der Waals surface area contributed by atoms with Gasteiger partial charge in [-0.15, -0.1) is 0 Å². The highest BCUT2D eigenvalue weighted by molar-refractivity contribution is 5.80. The zero-order chi connectivity index (χ0) is 16.9. The SMILES string of the molecule is CCOC(=O)[C@H](CC1CCCCC1)Nc1nc2cc(C)ccc2o1. The van der Waals surface area contributed by atoms with Gasteiger partial charge < -0.3 is 14.5 Å². The highest BCUT2D eigenvalue weighted by Gasteiger charge is 2.26. The van der Waals surface area contributed by atoms with Crippen LogP contribution >= 0.6 is 0 Å². The molecule has 1 aliphatic carbocycles. The molecule has 1 aromatic heterocycles. The maximum Gasteiger partial charge on any atom is 0.328 e. The number of esters is 1. The van der Waals surface area contributed by atoms with Crippen molar-refractivity contribution in [2.75, 3.05) is 11.9 Å². The van der Waals surface area contributed by atoms with Crippen LogP contribution < -0.4 is 5.32 Å². The lowest BCUT2D eigenvalue weighted by atomic mass is 9.85. The number of aromatic nitrogens is 1. The highest BCUT2D eigenvalue weighted by atomic mass is 16.5. The molecule has 3 rings (SSSR count). The number of fused-ring (bicyclic) bond motifs is 1. The summed E-state index contributed by atoms with van der Waals surface area (Å²) in [6.07, 6.45) is 6.95. The number of hydrogen-bond acceptors (Lipinski definition) is 5. The Morgan fingerprint density at radius 1 is 1.38 bits per heavy atom. The predicted molar refractivity (Wildman–Crippen MR) is 94.0 cm³/mol. The molecule has 1 N–H and O–H groups in total. The van der Waals surface area contributed by atoms with Crippen molar-refractivity contribution in [2.45, 2.75) is 58.4 Å². The van der Waals surface area contributed by atoms with E-state index < -0.39 is 6.04 Å². The summed E-state index contributed by atoms with van der Waals surface area (Å²) in [4.78, 5) is 16.8. The van der Waals surface area contributed by atoms with E-state index in [0.717, 1.165) is 23.1 Å². The van der Waals surface area contributed by atoms with Crippen LogP contribution in [-0.4, -0.2) is 23.6 Å². The number of aryl methyl sites for hydroxylation is 1. The van der Waals surface area contributed by atoms with Crippen LogP contribution in [0.5, 0.6) is 0 Å². The van der Waals surface area contributed by atoms with Crippen molar-refractivity contribution >= 4 is 23.1 Å². The lowest BCUT2D eigenvalue weighted by Gasteiger charge is -2.25. The van der Waals surface area contributed by atoms with Gasteiger partial charge in [0.05, 0.1) is 6.61 Å². The maximum atomic E-state index is 12.3. The number of anilines is 1. The van der Waals surface area contributed by atoms with E-state index in [1.807, 2.05) is 32.0 Å². The van der Waals surface area contributed by atoms with E-state index in [9.17, 15) is 4.79 Å². The Morgan fingerprint density at radius 3 is 2.92 bits per heavy atom. The third-order valence-corrected chi connectivity index (χ3v) is 4.71. The van der Waals surface area contributed by atoms with Crippen LogP contribution in [0.1, 0.15) is 51.0 Å². The molecule has 1 saturated carbocycles. The van der Waals surface area contributed by atoms with E-state index in [1.165, 1.54) is 32.1 Å². The Morgan fingerprint density at radius 2 is 2.17 bits per heavy atom. The summed E-state index contributed by atoms with van der Waals surface area (Å²) in [5, 5.41) is 3.17. The summed E-state index contributed by atoms with van der Waals surface area (Å²) in [5.74, 6) is 0.341. The number of carbonyl (C=O) groups excluding carboxylic acids is 1. The van der Waals surface area contributed by atoms with Crippen LogP contribution in [0.15, 0.2) is 22.6 Å². The van der Waals surface area contributed by atoms with Crippen molar-refractivity contribution < 1.29 is 13.9 Å². The van der Waals surface area contributed by atoms with Crippen molar-refractivity contribution in [3.05, 3.63) is 23.8 Å². The Balaban J connectivity index is 1.74. The molecule has 1 aromatic carbocycles. The lowest BCUT2D eigenvalue weighted by molar-refractivity contribution is -0.144. The van der Waals surface area contributed by atoms with Gasteiger partial charge in [-0.3, -0.25) is 0 Å². The monoisotopic (exact) mass is 330 g/mol. The summed E-state index contributed by atoms with van der Waals surface area (Å²) in [5.41, 5.74) is 2.66. The van der Waals surface area contributed by atoms with Gasteiger partial charge in [0.25, 0.3) is 6.01 Å². The average molecular weight is 330 g/mol. The third-order valence-electron chi connectivity index (χ3n) is 4.71. The van der Waals surface area contributed by atoms with E-state index in [4.69, 9.17) is 9.15 Å². The number of nitrogens with zero attached hydrogens (tertiary/aromatic N) is 1. The molecule has 0 amide bonds. The number of benzene rings is 1. The Labute approximate surface area is 142 Å². The van der Waals surface area contributed by atoms with Crippen molar-refractivity contribution in [1.82, 2.24) is 4.98 Å². The smallest absolute Gasteiger partial charge is 0.328 e. The summed E-state index contributed by atoms with van der Waals surface area (Å²) in [6, 6.07) is 5.86. The molecule has 0 spiro atoms. The van der Waals surface area contributed by atoms with Crippen LogP contribution in [0.3, 0.4) is 0 Å². The second kappa shape index (κ2) is 7.69. The van der Waals surface area contributed by atoms with Crippen molar-refractivity contribution in [3.8, 4) is 0 Å². The maximum absolute atomic E-state index is 12.3. The number of hydrogen-bond donors (Lipinski definition) is 1. The predicted octanol–water partition coefficient (Wildman–Crippen LogP) is 4.45. The van der Waals surface area contributed by atoms with E-state index >= 15 is 0 Å². The molecule has 5 nitrogen and oxygen atoms in total. The van der Waals surface area contributed by atoms with Gasteiger partial charge in [-0.25, -0.2) is 4.79 Å². The molecule has 2 aromatic rings. The number of oxazole rings is 1. The number of ether oxygens (including phenoxy) is 1. The first kappa shape index (κ1) is 16.8. The molecule has 0 saturated heterocycles. The van der Waals surface area contributed by atoms with Gasteiger partial charge in [-0.1, -0.05) is 38.2 Å². The van der Waals surface area contributed by atoms with Gasteiger partial charge in [0, 0.05) is 0 Å². The molecule has 1 atom stereocenters. The fraction of sp³-hybridized carbons (Fsp3) is 0.579. The van der Waals surface area contributed by atoms with E-state index in [0.29, 0.717) is 18.5 Å². The minimum atomic E-state index is -0.401. The van der Waals surface area contributed by atoms with E-state index in [-0.39, 0.29) is 5.97 Å². The fourth-order valence-corrected chi connectivity index (χ4v) is 3.46. The summed E-state index contributed by atoms with van der Waals surface area (Å²) < 4.78 is 11.0. The van der Waals surface area contributed by atoms with Crippen LogP contribution in [0.25, 0.3) is 11.1 Å². The molecular formula is C19H26N2O3. The average Bonchev–Trinajstić information content (AvgIpc) is 2.97. The molecule has 0 aliphatic heterocycles. The Bertz CT molecular complexity index is 689. The molecule has 1 heterocycles. The quantitative estimate of drug-likeness (QED) is 0.793. The van der Waals surface area contributed by atoms with Gasteiger partial charge >= 0.3 is 5.97 Å². The van der Waals surface area contributed by atoms with Crippen molar-refractivity contribution in [2.24, 2.45) is 5.92 Å².